The molecule has 0 spiro atoms. The zero-order valence-electron chi connectivity index (χ0n) is 69.8. The van der Waals surface area contributed by atoms with Crippen LogP contribution >= 0.6 is 15.6 Å². The fourth-order valence-electron chi connectivity index (χ4n) is 11.6. The Kier molecular flexibility index (Phi) is 80.9. The standard InChI is InChI=1S/C93H158O16P2/c1-4-7-10-13-16-19-22-25-28-31-34-36-38-40-42-43-45-47-48-50-53-55-58-61-64-67-70-73-76-79-91(96)103-82-88(94)83-105-110(99,100)106-84-89(95)85-107-111(101,102)108-87-90(109-93(98)81-78-75-72-69-66-63-60-57-52-33-30-27-24-21-18-15-12-9-6-3)86-104-92(97)80-77-74-71-68-65-62-59-56-54-51-49-46-44-41-39-37-35-32-29-26-23-20-17-14-11-8-5-2/h7-8,10-11,16-21,25-30,34-37,40-42,44,52,57,88-90,94-95H,4-6,9,12-15,22-24,31-33,38-39,43,45-51,53-56,58-87H2,1-3H3,(H,99,100)(H,101,102)/b10-7-,11-8-,19-16-,20-17-,21-18-,28-25-,29-26-,30-27-,36-34-,37-35-,42-40-,44-41-,57-52-. The third-order valence-corrected chi connectivity index (χ3v) is 20.1. The largest absolute Gasteiger partial charge is 0.472 e. The Balaban J connectivity index is 4.60. The van der Waals surface area contributed by atoms with Crippen LogP contribution < -0.4 is 0 Å². The fourth-order valence-corrected chi connectivity index (χ4v) is 13.2. The van der Waals surface area contributed by atoms with Crippen molar-refractivity contribution in [1.29, 1.82) is 0 Å². The van der Waals surface area contributed by atoms with E-state index in [9.17, 15) is 43.5 Å². The van der Waals surface area contributed by atoms with Gasteiger partial charge in [-0.25, -0.2) is 9.13 Å². The van der Waals surface area contributed by atoms with E-state index >= 15 is 0 Å². The SMILES string of the molecule is CC/C=C\C/C=C\C/C=C\C/C=C\C/C=C\CCCCCCCCCCCCCCCC(=O)OCC(O)COP(=O)(O)OCC(O)COP(=O)(O)OCC(COC(=O)CCCCCCCCCCCCC/C=C\C/C=C\C/C=C\C/C=C\C/C=C\CC)OC(=O)CCCCCCCC/C=C\C/C=C\C/C=C\CCCCC. The highest BCUT2D eigenvalue weighted by Crippen LogP contribution is 2.45. The lowest BCUT2D eigenvalue weighted by Gasteiger charge is -2.21. The highest BCUT2D eigenvalue weighted by molar-refractivity contribution is 7.47. The van der Waals surface area contributed by atoms with E-state index in [4.69, 9.17) is 32.3 Å². The van der Waals surface area contributed by atoms with Gasteiger partial charge < -0.3 is 34.2 Å². The number of ether oxygens (including phenoxy) is 3. The first-order chi connectivity index (χ1) is 54.2. The van der Waals surface area contributed by atoms with Gasteiger partial charge in [-0.3, -0.25) is 32.5 Å². The summed E-state index contributed by atoms with van der Waals surface area (Å²) in [5, 5.41) is 20.7. The number of phosphoric acid groups is 2. The number of hydrogen-bond acceptors (Lipinski definition) is 14. The average Bonchev–Trinajstić information content (AvgIpc) is 0.900. The van der Waals surface area contributed by atoms with Gasteiger partial charge in [0.25, 0.3) is 0 Å². The predicted molar refractivity (Wildman–Crippen MR) is 463 cm³/mol. The number of esters is 3. The molecule has 0 aromatic heterocycles. The van der Waals surface area contributed by atoms with Crippen LogP contribution in [0.4, 0.5) is 0 Å². The van der Waals surface area contributed by atoms with Crippen molar-refractivity contribution in [2.24, 2.45) is 0 Å². The quantitative estimate of drug-likeness (QED) is 0.0146. The lowest BCUT2D eigenvalue weighted by Crippen LogP contribution is -2.30. The summed E-state index contributed by atoms with van der Waals surface area (Å²) in [6.45, 7) is 2.44. The Labute approximate surface area is 676 Å². The molecule has 16 nitrogen and oxygen atoms in total. The third-order valence-electron chi connectivity index (χ3n) is 18.2. The van der Waals surface area contributed by atoms with E-state index in [-0.39, 0.29) is 19.3 Å². The van der Waals surface area contributed by atoms with Crippen molar-refractivity contribution >= 4 is 33.6 Å². The molecular weight excluding hydrogens is 1430 g/mol. The van der Waals surface area contributed by atoms with Crippen molar-refractivity contribution in [2.75, 3.05) is 39.6 Å². The minimum atomic E-state index is -4.95. The van der Waals surface area contributed by atoms with Crippen LogP contribution in [0.5, 0.6) is 0 Å². The van der Waals surface area contributed by atoms with Gasteiger partial charge in [0.1, 0.15) is 25.4 Å². The topological polar surface area (TPSA) is 231 Å². The highest BCUT2D eigenvalue weighted by atomic mass is 31.2. The molecule has 0 aliphatic carbocycles. The van der Waals surface area contributed by atoms with Crippen LogP contribution in [0, 0.1) is 0 Å². The first-order valence-corrected chi connectivity index (χ1v) is 46.8. The van der Waals surface area contributed by atoms with Crippen molar-refractivity contribution in [3.63, 3.8) is 0 Å². The predicted octanol–water partition coefficient (Wildman–Crippen LogP) is 26.5. The minimum absolute atomic E-state index is 0.0862. The Bertz CT molecular complexity index is 2650. The van der Waals surface area contributed by atoms with Gasteiger partial charge in [-0.15, -0.1) is 0 Å². The van der Waals surface area contributed by atoms with Crippen molar-refractivity contribution in [1.82, 2.24) is 0 Å². The van der Waals surface area contributed by atoms with Crippen LogP contribution in [0.2, 0.25) is 0 Å². The molecule has 0 aromatic carbocycles. The number of aliphatic hydroxyl groups excluding tert-OH is 2. The van der Waals surface area contributed by atoms with Crippen molar-refractivity contribution in [3.05, 3.63) is 158 Å². The summed E-state index contributed by atoms with van der Waals surface area (Å²) in [5.74, 6) is -1.59. The first-order valence-electron chi connectivity index (χ1n) is 43.8. The smallest absolute Gasteiger partial charge is 0.463 e. The van der Waals surface area contributed by atoms with Crippen molar-refractivity contribution < 1.29 is 75.8 Å². The van der Waals surface area contributed by atoms with E-state index in [1.807, 2.05) is 0 Å². The lowest BCUT2D eigenvalue weighted by molar-refractivity contribution is -0.161. The molecule has 111 heavy (non-hydrogen) atoms. The molecule has 5 atom stereocenters. The number of hydrogen-bond donors (Lipinski definition) is 4. The van der Waals surface area contributed by atoms with Crippen LogP contribution in [0.15, 0.2) is 158 Å². The maximum Gasteiger partial charge on any atom is 0.472 e. The summed E-state index contributed by atoms with van der Waals surface area (Å²) >= 11 is 0. The van der Waals surface area contributed by atoms with Gasteiger partial charge in [-0.2, -0.15) is 0 Å². The highest BCUT2D eigenvalue weighted by Gasteiger charge is 2.29. The van der Waals surface area contributed by atoms with E-state index in [2.05, 4.69) is 179 Å². The monoisotopic (exact) mass is 1590 g/mol. The van der Waals surface area contributed by atoms with Gasteiger partial charge in [-0.1, -0.05) is 346 Å². The van der Waals surface area contributed by atoms with Crippen molar-refractivity contribution in [3.8, 4) is 0 Å². The van der Waals surface area contributed by atoms with E-state index in [0.29, 0.717) is 19.3 Å². The molecule has 0 aliphatic rings. The zero-order chi connectivity index (χ0) is 80.8. The summed E-state index contributed by atoms with van der Waals surface area (Å²) < 4.78 is 61.4. The molecule has 0 amide bonds. The summed E-state index contributed by atoms with van der Waals surface area (Å²) in [6, 6.07) is 0. The fraction of sp³-hybridized carbons (Fsp3) is 0.688. The molecule has 4 N–H and O–H groups in total. The minimum Gasteiger partial charge on any atom is -0.463 e. The molecule has 5 unspecified atom stereocenters. The van der Waals surface area contributed by atoms with E-state index in [1.54, 1.807) is 0 Å². The second-order valence-electron chi connectivity index (χ2n) is 28.9. The summed E-state index contributed by atoms with van der Waals surface area (Å²) in [4.78, 5) is 58.9. The molecule has 0 aliphatic heterocycles. The molecule has 0 fully saturated rings. The number of carbonyl (C=O) groups is 3. The van der Waals surface area contributed by atoms with Gasteiger partial charge in [-0.05, 0) is 148 Å². The van der Waals surface area contributed by atoms with Crippen LogP contribution in [-0.4, -0.2) is 95.9 Å². The summed E-state index contributed by atoms with van der Waals surface area (Å²) in [5.41, 5.74) is 0. The Hall–Kier alpha value is -4.83. The number of carbonyl (C=O) groups excluding carboxylic acids is 3. The van der Waals surface area contributed by atoms with Crippen LogP contribution in [0.25, 0.3) is 0 Å². The van der Waals surface area contributed by atoms with Crippen molar-refractivity contribution in [2.45, 2.75) is 373 Å². The van der Waals surface area contributed by atoms with Gasteiger partial charge in [0, 0.05) is 19.3 Å². The Morgan fingerprint density at radius 3 is 0.757 bits per heavy atom. The molecule has 636 valence electrons. The first kappa shape index (κ1) is 106. The molecule has 0 rings (SSSR count). The molecule has 18 heteroatoms. The number of phosphoric ester groups is 2. The van der Waals surface area contributed by atoms with Crippen LogP contribution in [0.3, 0.4) is 0 Å². The molecule has 0 saturated heterocycles. The second-order valence-corrected chi connectivity index (χ2v) is 31.8. The summed E-state index contributed by atoms with van der Waals surface area (Å²) in [6.07, 6.45) is 107. The third kappa shape index (κ3) is 85.9. The molecule has 0 heterocycles. The molecule has 0 bridgehead atoms. The maximum atomic E-state index is 13.0. The van der Waals surface area contributed by atoms with Crippen LogP contribution in [0.1, 0.15) is 355 Å². The Morgan fingerprint density at radius 2 is 0.477 bits per heavy atom. The molecule has 0 saturated carbocycles. The molecule has 0 aromatic rings. The van der Waals surface area contributed by atoms with Gasteiger partial charge >= 0.3 is 33.6 Å². The van der Waals surface area contributed by atoms with Gasteiger partial charge in [0.2, 0.25) is 0 Å². The number of allylic oxidation sites excluding steroid dienone is 26. The van der Waals surface area contributed by atoms with E-state index in [0.717, 1.165) is 180 Å². The normalized spacial score (nSPS) is 14.6. The van der Waals surface area contributed by atoms with E-state index < -0.39 is 91.5 Å². The number of unbranched alkanes of at least 4 members (excludes halogenated alkanes) is 33. The average molecular weight is 1590 g/mol. The zero-order valence-corrected chi connectivity index (χ0v) is 71.6. The van der Waals surface area contributed by atoms with Gasteiger partial charge in [0.05, 0.1) is 26.4 Å². The van der Waals surface area contributed by atoms with E-state index in [1.165, 1.54) is 116 Å². The maximum absolute atomic E-state index is 13.0. The Morgan fingerprint density at radius 1 is 0.261 bits per heavy atom. The van der Waals surface area contributed by atoms with Gasteiger partial charge in [0.15, 0.2) is 6.10 Å². The molecular formula is C93H158O16P2. The summed E-state index contributed by atoms with van der Waals surface area (Å²) in [7, 11) is -9.81. The number of aliphatic hydroxyl groups is 2. The lowest BCUT2D eigenvalue weighted by atomic mass is 10.0. The van der Waals surface area contributed by atoms with Crippen LogP contribution in [-0.2, 0) is 55.8 Å². The second kappa shape index (κ2) is 84.6. The molecule has 0 radical (unpaired) electrons. The number of rotatable bonds is 82.